The fourth-order valence-electron chi connectivity index (χ4n) is 10.3. The summed E-state index contributed by atoms with van der Waals surface area (Å²) in [6, 6.07) is 0. The second-order valence-corrected chi connectivity index (χ2v) is 20.0. The highest BCUT2D eigenvalue weighted by Gasteiger charge is 2.83. The van der Waals surface area contributed by atoms with Crippen LogP contribution in [0.15, 0.2) is 52.3 Å². The molecule has 1 aromatic rings. The van der Waals surface area contributed by atoms with Crippen molar-refractivity contribution in [3.05, 3.63) is 69.0 Å². The molecule has 65 heavy (non-hydrogen) atoms. The summed E-state index contributed by atoms with van der Waals surface area (Å²) in [6.07, 6.45) is 10.8. The quantitative estimate of drug-likeness (QED) is 0.0468. The number of ether oxygens (including phenoxy) is 7. The number of ketones is 2. The molecule has 3 aliphatic carbocycles. The molecule has 8 rings (SSSR count). The monoisotopic (exact) mass is 925 g/mol. The summed E-state index contributed by atoms with van der Waals surface area (Å²) in [4.78, 5) is 68.0. The lowest BCUT2D eigenvalue weighted by atomic mass is 9.49. The second kappa shape index (κ2) is 18.9. The first kappa shape index (κ1) is 48.8. The Labute approximate surface area is 380 Å². The van der Waals surface area contributed by atoms with Gasteiger partial charge in [-0.25, -0.2) is 9.36 Å². The molecule has 5 unspecified atom stereocenters. The molecule has 1 saturated carbocycles. The molecule has 4 bridgehead atoms. The van der Waals surface area contributed by atoms with Gasteiger partial charge in [-0.05, 0) is 93.2 Å². The first-order valence-corrected chi connectivity index (χ1v) is 24.0. The van der Waals surface area contributed by atoms with Crippen LogP contribution in [0, 0.1) is 11.8 Å². The normalized spacial score (nSPS) is 27.4. The molecule has 3 N–H and O–H groups in total. The second-order valence-electron chi connectivity index (χ2n) is 18.8. The number of morpholine rings is 1. The molecular formula is C48H64NO15P. The molecule has 1 spiro atoms. The van der Waals surface area contributed by atoms with Gasteiger partial charge in [0.25, 0.3) is 0 Å². The Morgan fingerprint density at radius 3 is 2.26 bits per heavy atom. The van der Waals surface area contributed by atoms with E-state index in [-0.39, 0.29) is 97.8 Å². The highest BCUT2D eigenvalue weighted by molar-refractivity contribution is 7.46. The highest BCUT2D eigenvalue weighted by atomic mass is 31.2. The topological polar surface area (TPSA) is 206 Å². The largest absolute Gasteiger partial charge is 0.524 e. The van der Waals surface area contributed by atoms with Crippen LogP contribution in [0.25, 0.3) is 6.08 Å². The molecule has 0 amide bonds. The van der Waals surface area contributed by atoms with E-state index in [4.69, 9.17) is 42.8 Å². The molecule has 3 fully saturated rings. The van der Waals surface area contributed by atoms with Gasteiger partial charge in [0.15, 0.2) is 22.7 Å². The molecule has 4 aliphatic heterocycles. The van der Waals surface area contributed by atoms with Gasteiger partial charge in [-0.1, -0.05) is 29.4 Å². The van der Waals surface area contributed by atoms with Crippen LogP contribution in [-0.2, 0) is 44.3 Å². The summed E-state index contributed by atoms with van der Waals surface area (Å²) in [5.41, 5.74) is -2.13. The summed E-state index contributed by atoms with van der Waals surface area (Å²) in [6.45, 7) is 17.3. The Morgan fingerprint density at radius 1 is 0.923 bits per heavy atom. The number of rotatable bonds is 19. The van der Waals surface area contributed by atoms with E-state index in [1.807, 2.05) is 65.5 Å². The van der Waals surface area contributed by atoms with Gasteiger partial charge in [0.05, 0.1) is 68.9 Å². The smallest absolute Gasteiger partial charge is 0.482 e. The minimum absolute atomic E-state index is 0.00702. The van der Waals surface area contributed by atoms with Crippen LogP contribution < -0.4 is 14.0 Å². The van der Waals surface area contributed by atoms with Crippen LogP contribution in [0.5, 0.6) is 17.2 Å². The number of hydrogen-bond donors (Lipinski definition) is 3. The van der Waals surface area contributed by atoms with Crippen LogP contribution in [0.2, 0.25) is 0 Å². The number of phosphoric acid groups is 1. The summed E-state index contributed by atoms with van der Waals surface area (Å²) in [5.74, 6) is -3.07. The third-order valence-corrected chi connectivity index (χ3v) is 13.6. The number of fused-ring (bicyclic) bond motifs is 2. The summed E-state index contributed by atoms with van der Waals surface area (Å²) in [7, 11) is -5.32. The van der Waals surface area contributed by atoms with Crippen molar-refractivity contribution in [3.8, 4) is 17.2 Å². The molecule has 356 valence electrons. The number of allylic oxidation sites excluding steroid dienone is 5. The van der Waals surface area contributed by atoms with E-state index in [9.17, 15) is 19.1 Å². The van der Waals surface area contributed by atoms with Crippen molar-refractivity contribution in [3.63, 3.8) is 0 Å². The number of aliphatic hydroxyl groups excluding tert-OH is 1. The van der Waals surface area contributed by atoms with E-state index < -0.39 is 53.8 Å². The Hall–Kier alpha value is -4.12. The number of benzene rings is 1. The molecular weight excluding hydrogens is 861 g/mol. The number of nitrogens with zero attached hydrogens (tertiary/aromatic N) is 1. The average molecular weight is 926 g/mol. The number of phosphoric ester groups is 1. The zero-order valence-corrected chi connectivity index (χ0v) is 39.7. The highest BCUT2D eigenvalue weighted by Crippen LogP contribution is 2.71. The standard InChI is InChI=1S/C48H64NO15P/c1-29(2)10-9-15-46(8)16-14-33-40(61-46)32(12-11-30(3)4)41-36(42(33)63-65(54,55)56)39(51)37-38(49-18-21-57-22-19-49)34-28-35-45(6,7)64-47(43(34)52,48(35,37)62-41)17-13-31(5)44(53)60-27-26-59-25-24-58-23-20-50/h10-11,13-14,16,34-35,50H,9,12,15,17-28H2,1-8H3,(H2,54,55,56). The van der Waals surface area contributed by atoms with Gasteiger partial charge in [-0.2, -0.15) is 0 Å². The van der Waals surface area contributed by atoms with Gasteiger partial charge in [0, 0.05) is 42.3 Å². The zero-order chi connectivity index (χ0) is 47.1. The van der Waals surface area contributed by atoms with E-state index in [1.165, 1.54) is 0 Å². The van der Waals surface area contributed by atoms with Crippen LogP contribution >= 0.6 is 7.82 Å². The van der Waals surface area contributed by atoms with Gasteiger partial charge in [0.2, 0.25) is 5.78 Å². The summed E-state index contributed by atoms with van der Waals surface area (Å²) >= 11 is 0. The number of hydrogen-bond acceptors (Lipinski definition) is 14. The molecule has 17 heteroatoms. The van der Waals surface area contributed by atoms with Crippen molar-refractivity contribution >= 4 is 31.4 Å². The summed E-state index contributed by atoms with van der Waals surface area (Å²) in [5, 5.41) is 8.88. The predicted molar refractivity (Wildman–Crippen MR) is 239 cm³/mol. The van der Waals surface area contributed by atoms with E-state index in [0.717, 1.165) is 11.1 Å². The van der Waals surface area contributed by atoms with E-state index in [2.05, 4.69) is 6.08 Å². The van der Waals surface area contributed by atoms with Crippen LogP contribution in [0.3, 0.4) is 0 Å². The Balaban J connectivity index is 1.41. The Morgan fingerprint density at radius 2 is 1.60 bits per heavy atom. The maximum atomic E-state index is 16.1. The maximum absolute atomic E-state index is 16.1. The van der Waals surface area contributed by atoms with Crippen molar-refractivity contribution in [1.82, 2.24) is 4.90 Å². The number of aliphatic hydroxyl groups is 1. The Kier molecular flexibility index (Phi) is 14.2. The van der Waals surface area contributed by atoms with E-state index in [0.29, 0.717) is 56.8 Å². The first-order chi connectivity index (χ1) is 30.7. The van der Waals surface area contributed by atoms with Crippen LogP contribution in [0.4, 0.5) is 0 Å². The van der Waals surface area contributed by atoms with Gasteiger partial charge in [-0.3, -0.25) is 19.4 Å². The first-order valence-electron chi connectivity index (χ1n) is 22.5. The van der Waals surface area contributed by atoms with Crippen molar-refractivity contribution in [2.75, 3.05) is 65.9 Å². The summed E-state index contributed by atoms with van der Waals surface area (Å²) < 4.78 is 61.9. The molecule has 0 aromatic heterocycles. The van der Waals surface area contributed by atoms with Crippen molar-refractivity contribution in [1.29, 1.82) is 0 Å². The van der Waals surface area contributed by atoms with Gasteiger partial charge in [0.1, 0.15) is 29.3 Å². The van der Waals surface area contributed by atoms with Crippen molar-refractivity contribution in [2.45, 2.75) is 110 Å². The minimum atomic E-state index is -5.32. The minimum Gasteiger partial charge on any atom is -0.482 e. The third-order valence-electron chi connectivity index (χ3n) is 13.2. The molecule has 16 nitrogen and oxygen atoms in total. The molecule has 4 heterocycles. The maximum Gasteiger partial charge on any atom is 0.524 e. The lowest BCUT2D eigenvalue weighted by Crippen LogP contribution is -2.74. The van der Waals surface area contributed by atoms with Crippen molar-refractivity contribution in [2.24, 2.45) is 11.8 Å². The predicted octanol–water partition coefficient (Wildman–Crippen LogP) is 6.15. The number of carbonyl (C=O) groups is 3. The SMILES string of the molecule is CC(C)=CCCC1(C)C=Cc2c(c(CC=C(C)C)c3c(c2OP(=O)(O)O)C(=O)C2=C(N4CCOCC4)C4CC5C(C)(C)OC(CC=C(C)C(=O)OCCOCCOCCO)(C4=O)C25O3)O1. The fraction of sp³-hybridized carbons (Fsp3) is 0.604. The van der Waals surface area contributed by atoms with Crippen LogP contribution in [-0.4, -0.2) is 126 Å². The average Bonchev–Trinajstić information content (AvgIpc) is 3.38. The number of esters is 1. The third kappa shape index (κ3) is 9.17. The van der Waals surface area contributed by atoms with Crippen LogP contribution in [0.1, 0.15) is 103 Å². The molecule has 5 atom stereocenters. The zero-order valence-electron chi connectivity index (χ0n) is 38.8. The van der Waals surface area contributed by atoms with Gasteiger partial charge >= 0.3 is 13.8 Å². The van der Waals surface area contributed by atoms with Crippen molar-refractivity contribution < 1.29 is 71.5 Å². The molecule has 7 aliphatic rings. The lowest BCUT2D eigenvalue weighted by Gasteiger charge is -2.59. The van der Waals surface area contributed by atoms with E-state index in [1.54, 1.807) is 19.1 Å². The lowest BCUT2D eigenvalue weighted by molar-refractivity contribution is -0.174. The molecule has 1 aromatic carbocycles. The molecule has 0 radical (unpaired) electrons. The van der Waals surface area contributed by atoms with E-state index >= 15 is 9.59 Å². The Bertz CT molecular complexity index is 2270. The number of carbonyl (C=O) groups excluding carboxylic acids is 3. The van der Waals surface area contributed by atoms with Gasteiger partial charge < -0.3 is 47.7 Å². The van der Waals surface area contributed by atoms with Gasteiger partial charge in [-0.15, -0.1) is 0 Å². The fourth-order valence-corrected chi connectivity index (χ4v) is 10.8. The molecule has 2 saturated heterocycles. The number of Topliss-reactive ketones (excluding diaryl/α,β-unsaturated/α-hetero) is 2.